The van der Waals surface area contributed by atoms with E-state index in [0.717, 1.165) is 16.9 Å². The molecular formula is C15H17N3O2. The van der Waals surface area contributed by atoms with Crippen molar-refractivity contribution in [1.29, 1.82) is 0 Å². The van der Waals surface area contributed by atoms with Gasteiger partial charge in [-0.15, -0.1) is 0 Å². The molecule has 5 nitrogen and oxygen atoms in total. The van der Waals surface area contributed by atoms with E-state index in [9.17, 15) is 4.79 Å². The van der Waals surface area contributed by atoms with Crippen LogP contribution in [-0.2, 0) is 17.8 Å². The van der Waals surface area contributed by atoms with Crippen molar-refractivity contribution in [3.05, 3.63) is 53.7 Å². The molecule has 0 aliphatic carbocycles. The number of hydrogen-bond donors (Lipinski definition) is 2. The lowest BCUT2D eigenvalue weighted by atomic mass is 10.1. The van der Waals surface area contributed by atoms with Gasteiger partial charge in [0.2, 0.25) is 11.8 Å². The van der Waals surface area contributed by atoms with Crippen LogP contribution >= 0.6 is 0 Å². The zero-order valence-corrected chi connectivity index (χ0v) is 11.3. The Kier molecular flexibility index (Phi) is 4.55. The third kappa shape index (κ3) is 3.71. The largest absolute Gasteiger partial charge is 0.481 e. The van der Waals surface area contributed by atoms with Crippen LogP contribution in [0, 0.1) is 0 Å². The molecule has 0 aliphatic rings. The van der Waals surface area contributed by atoms with Crippen LogP contribution in [0.2, 0.25) is 0 Å². The van der Waals surface area contributed by atoms with Gasteiger partial charge in [-0.1, -0.05) is 24.3 Å². The number of carbonyl (C=O) groups is 1. The Morgan fingerprint density at radius 2 is 2.05 bits per heavy atom. The smallest absolute Gasteiger partial charge is 0.221 e. The number of ether oxygens (including phenoxy) is 1. The number of nitrogens with two attached hydrogens (primary N) is 1. The summed E-state index contributed by atoms with van der Waals surface area (Å²) in [6.07, 6.45) is 0.217. The van der Waals surface area contributed by atoms with Gasteiger partial charge in [-0.3, -0.25) is 4.79 Å². The van der Waals surface area contributed by atoms with Crippen LogP contribution in [0.3, 0.4) is 0 Å². The molecule has 20 heavy (non-hydrogen) atoms. The van der Waals surface area contributed by atoms with E-state index in [0.29, 0.717) is 12.4 Å². The number of nitrogens with one attached hydrogen (secondary N) is 1. The van der Waals surface area contributed by atoms with Crippen molar-refractivity contribution in [1.82, 2.24) is 4.98 Å². The first-order chi connectivity index (χ1) is 9.69. The van der Waals surface area contributed by atoms with Gasteiger partial charge >= 0.3 is 0 Å². The first-order valence-corrected chi connectivity index (χ1v) is 6.29. The summed E-state index contributed by atoms with van der Waals surface area (Å²) in [7, 11) is 1.59. The lowest BCUT2D eigenvalue weighted by Crippen LogP contribution is -2.15. The number of amides is 1. The van der Waals surface area contributed by atoms with Gasteiger partial charge in [0.25, 0.3) is 0 Å². The fourth-order valence-electron chi connectivity index (χ4n) is 1.89. The summed E-state index contributed by atoms with van der Waals surface area (Å²) in [4.78, 5) is 15.4. The number of para-hydroxylation sites is 1. The van der Waals surface area contributed by atoms with Crippen LogP contribution in [0.25, 0.3) is 0 Å². The maximum Gasteiger partial charge on any atom is 0.221 e. The van der Waals surface area contributed by atoms with E-state index in [1.165, 1.54) is 0 Å². The second kappa shape index (κ2) is 6.56. The number of nitrogens with zero attached hydrogens (tertiary/aromatic N) is 1. The molecule has 0 fully saturated rings. The van der Waals surface area contributed by atoms with Crippen molar-refractivity contribution in [3.8, 4) is 5.88 Å². The molecule has 3 N–H and O–H groups in total. The molecule has 0 atom stereocenters. The Morgan fingerprint density at radius 1 is 1.25 bits per heavy atom. The molecule has 0 radical (unpaired) electrons. The van der Waals surface area contributed by atoms with E-state index in [2.05, 4.69) is 10.3 Å². The van der Waals surface area contributed by atoms with E-state index in [1.807, 2.05) is 36.4 Å². The first kappa shape index (κ1) is 13.9. The molecule has 0 saturated carbocycles. The minimum absolute atomic E-state index is 0.217. The minimum Gasteiger partial charge on any atom is -0.481 e. The van der Waals surface area contributed by atoms with E-state index >= 15 is 0 Å². The lowest BCUT2D eigenvalue weighted by Gasteiger charge is -2.11. The van der Waals surface area contributed by atoms with Gasteiger partial charge in [0.1, 0.15) is 0 Å². The molecule has 2 rings (SSSR count). The fraction of sp³-hybridized carbons (Fsp3) is 0.200. The van der Waals surface area contributed by atoms with Gasteiger partial charge in [0.05, 0.1) is 25.8 Å². The Morgan fingerprint density at radius 3 is 2.80 bits per heavy atom. The molecule has 0 bridgehead atoms. The van der Waals surface area contributed by atoms with Crippen LogP contribution in [0.4, 0.5) is 5.69 Å². The highest BCUT2D eigenvalue weighted by atomic mass is 16.5. The molecule has 1 heterocycles. The Hall–Kier alpha value is -2.56. The zero-order chi connectivity index (χ0) is 14.4. The number of benzene rings is 1. The fourth-order valence-corrected chi connectivity index (χ4v) is 1.89. The van der Waals surface area contributed by atoms with E-state index in [4.69, 9.17) is 10.5 Å². The summed E-state index contributed by atoms with van der Waals surface area (Å²) >= 11 is 0. The van der Waals surface area contributed by atoms with Gasteiger partial charge in [0.15, 0.2) is 0 Å². The number of anilines is 1. The summed E-state index contributed by atoms with van der Waals surface area (Å²) in [6, 6.07) is 13.2. The van der Waals surface area contributed by atoms with Crippen molar-refractivity contribution < 1.29 is 9.53 Å². The van der Waals surface area contributed by atoms with E-state index < -0.39 is 0 Å². The van der Waals surface area contributed by atoms with Crippen LogP contribution in [0.15, 0.2) is 42.5 Å². The number of methoxy groups -OCH3 is 1. The summed E-state index contributed by atoms with van der Waals surface area (Å²) in [5.74, 6) is 0.230. The van der Waals surface area contributed by atoms with Gasteiger partial charge in [-0.05, 0) is 17.7 Å². The topological polar surface area (TPSA) is 77.2 Å². The monoisotopic (exact) mass is 271 g/mol. The number of carbonyl (C=O) groups excluding carboxylic acids is 1. The predicted octanol–water partition coefficient (Wildman–Crippen LogP) is 1.73. The number of rotatable bonds is 6. The van der Waals surface area contributed by atoms with Gasteiger partial charge < -0.3 is 15.8 Å². The molecule has 0 aliphatic heterocycles. The molecule has 5 heteroatoms. The number of primary amides is 1. The predicted molar refractivity (Wildman–Crippen MR) is 77.5 cm³/mol. The van der Waals surface area contributed by atoms with Crippen molar-refractivity contribution in [2.45, 2.75) is 13.0 Å². The molecule has 1 aromatic carbocycles. The molecule has 104 valence electrons. The molecule has 0 spiro atoms. The molecule has 0 saturated heterocycles. The Labute approximate surface area is 117 Å². The molecule has 1 amide bonds. The van der Waals surface area contributed by atoms with E-state index in [-0.39, 0.29) is 12.3 Å². The van der Waals surface area contributed by atoms with Crippen LogP contribution in [0.1, 0.15) is 11.3 Å². The van der Waals surface area contributed by atoms with Crippen molar-refractivity contribution in [2.75, 3.05) is 12.4 Å². The van der Waals surface area contributed by atoms with Gasteiger partial charge in [-0.2, -0.15) is 0 Å². The van der Waals surface area contributed by atoms with Crippen LogP contribution in [-0.4, -0.2) is 18.0 Å². The third-order valence-electron chi connectivity index (χ3n) is 2.83. The maximum absolute atomic E-state index is 11.0. The van der Waals surface area contributed by atoms with Gasteiger partial charge in [-0.25, -0.2) is 4.98 Å². The standard InChI is InChI=1S/C15H17N3O2/c1-20-15-8-4-6-12(18-15)10-17-13-7-3-2-5-11(13)9-14(16)19/h2-8,17H,9-10H2,1H3,(H2,16,19). The third-order valence-corrected chi connectivity index (χ3v) is 2.83. The van der Waals surface area contributed by atoms with Gasteiger partial charge in [0, 0.05) is 11.8 Å². The zero-order valence-electron chi connectivity index (χ0n) is 11.3. The second-order valence-corrected chi connectivity index (χ2v) is 4.33. The Bertz CT molecular complexity index is 599. The molecular weight excluding hydrogens is 254 g/mol. The number of hydrogen-bond acceptors (Lipinski definition) is 4. The van der Waals surface area contributed by atoms with Crippen LogP contribution < -0.4 is 15.8 Å². The summed E-state index contributed by atoms with van der Waals surface area (Å²) in [5.41, 5.74) is 7.87. The highest BCUT2D eigenvalue weighted by molar-refractivity contribution is 5.78. The minimum atomic E-state index is -0.348. The average Bonchev–Trinajstić information content (AvgIpc) is 2.46. The van der Waals surface area contributed by atoms with E-state index in [1.54, 1.807) is 13.2 Å². The van der Waals surface area contributed by atoms with Crippen molar-refractivity contribution >= 4 is 11.6 Å². The lowest BCUT2D eigenvalue weighted by molar-refractivity contribution is -0.117. The first-order valence-electron chi connectivity index (χ1n) is 6.29. The molecule has 0 unspecified atom stereocenters. The molecule has 1 aromatic heterocycles. The summed E-state index contributed by atoms with van der Waals surface area (Å²) < 4.78 is 5.08. The average molecular weight is 271 g/mol. The van der Waals surface area contributed by atoms with Crippen molar-refractivity contribution in [3.63, 3.8) is 0 Å². The summed E-state index contributed by atoms with van der Waals surface area (Å²) in [6.45, 7) is 0.549. The normalized spacial score (nSPS) is 10.1. The van der Waals surface area contributed by atoms with Crippen molar-refractivity contribution in [2.24, 2.45) is 5.73 Å². The SMILES string of the molecule is COc1cccc(CNc2ccccc2CC(N)=O)n1. The Balaban J connectivity index is 2.08. The maximum atomic E-state index is 11.0. The highest BCUT2D eigenvalue weighted by Crippen LogP contribution is 2.17. The number of pyridine rings is 1. The van der Waals surface area contributed by atoms with Crippen LogP contribution in [0.5, 0.6) is 5.88 Å². The molecule has 2 aromatic rings. The summed E-state index contributed by atoms with van der Waals surface area (Å²) in [5, 5.41) is 3.26. The number of aromatic nitrogens is 1. The second-order valence-electron chi connectivity index (χ2n) is 4.33. The highest BCUT2D eigenvalue weighted by Gasteiger charge is 2.05. The quantitative estimate of drug-likeness (QED) is 0.838.